The summed E-state index contributed by atoms with van der Waals surface area (Å²) in [5.41, 5.74) is 5.72. The lowest BCUT2D eigenvalue weighted by molar-refractivity contribution is 0.564. The largest absolute Gasteiger partial charge is 0.240 e. The first-order valence-corrected chi connectivity index (χ1v) is 8.19. The third kappa shape index (κ3) is 4.49. The monoisotopic (exact) mass is 340 g/mol. The van der Waals surface area contributed by atoms with Crippen molar-refractivity contribution in [2.75, 3.05) is 0 Å². The maximum Gasteiger partial charge on any atom is 0.240 e. The maximum absolute atomic E-state index is 10.6. The molecule has 0 aliphatic rings. The van der Waals surface area contributed by atoms with Crippen LogP contribution in [0.5, 0.6) is 0 Å². The van der Waals surface area contributed by atoms with Gasteiger partial charge in [-0.1, -0.05) is 54.6 Å². The number of rotatable bonds is 6. The van der Waals surface area contributed by atoms with Crippen LogP contribution in [0.4, 0.5) is 11.4 Å². The summed E-state index contributed by atoms with van der Waals surface area (Å²) in [4.78, 5) is 28.2. The topological polar surface area (TPSA) is 58.9 Å². The molecule has 0 saturated carbocycles. The highest BCUT2D eigenvalue weighted by Gasteiger charge is 2.04. The quantitative estimate of drug-likeness (QED) is 0.478. The molecular formula is C22H16N2O2. The minimum Gasteiger partial charge on any atom is -0.211 e. The third-order valence-electron chi connectivity index (χ3n) is 4.06. The van der Waals surface area contributed by atoms with E-state index in [0.717, 1.165) is 23.1 Å². The molecule has 0 aliphatic heterocycles. The SMILES string of the molecule is O=C=Nc1ccc(Cc2cccc(Cc3ccccc3N=C=O)c2)cc1. The van der Waals surface area contributed by atoms with E-state index in [0.29, 0.717) is 17.8 Å². The van der Waals surface area contributed by atoms with E-state index in [1.807, 2.05) is 42.5 Å². The summed E-state index contributed by atoms with van der Waals surface area (Å²) in [5, 5.41) is 0. The second-order valence-electron chi connectivity index (χ2n) is 5.87. The van der Waals surface area contributed by atoms with Crippen molar-refractivity contribution in [3.63, 3.8) is 0 Å². The molecule has 126 valence electrons. The lowest BCUT2D eigenvalue weighted by atomic mass is 9.98. The Balaban J connectivity index is 1.78. The Bertz CT molecular complexity index is 997. The highest BCUT2D eigenvalue weighted by molar-refractivity contribution is 5.55. The summed E-state index contributed by atoms with van der Waals surface area (Å²) in [6.07, 6.45) is 4.63. The van der Waals surface area contributed by atoms with Crippen LogP contribution in [0.3, 0.4) is 0 Å². The Morgan fingerprint density at radius 2 is 1.35 bits per heavy atom. The van der Waals surface area contributed by atoms with Gasteiger partial charge in [-0.25, -0.2) is 9.59 Å². The van der Waals surface area contributed by atoms with E-state index in [1.165, 1.54) is 5.56 Å². The van der Waals surface area contributed by atoms with Crippen LogP contribution in [0, 0.1) is 0 Å². The Morgan fingerprint density at radius 3 is 2.08 bits per heavy atom. The van der Waals surface area contributed by atoms with Crippen molar-refractivity contribution >= 4 is 23.5 Å². The molecule has 0 spiro atoms. The van der Waals surface area contributed by atoms with Gasteiger partial charge in [-0.15, -0.1) is 0 Å². The van der Waals surface area contributed by atoms with Crippen LogP contribution >= 0.6 is 0 Å². The molecule has 0 saturated heterocycles. The molecule has 0 radical (unpaired) electrons. The van der Waals surface area contributed by atoms with E-state index in [4.69, 9.17) is 0 Å². The van der Waals surface area contributed by atoms with E-state index < -0.39 is 0 Å². The Kier molecular flexibility index (Phi) is 5.64. The van der Waals surface area contributed by atoms with Gasteiger partial charge in [-0.3, -0.25) is 0 Å². The van der Waals surface area contributed by atoms with Crippen LogP contribution in [0.1, 0.15) is 22.3 Å². The van der Waals surface area contributed by atoms with Crippen molar-refractivity contribution in [3.8, 4) is 0 Å². The first-order valence-electron chi connectivity index (χ1n) is 8.19. The Labute approximate surface area is 151 Å². The molecule has 3 aromatic carbocycles. The van der Waals surface area contributed by atoms with Gasteiger partial charge in [0, 0.05) is 0 Å². The van der Waals surface area contributed by atoms with E-state index in [-0.39, 0.29) is 0 Å². The normalized spacial score (nSPS) is 9.85. The van der Waals surface area contributed by atoms with Crippen LogP contribution in [-0.2, 0) is 22.4 Å². The smallest absolute Gasteiger partial charge is 0.211 e. The zero-order valence-corrected chi connectivity index (χ0v) is 14.1. The van der Waals surface area contributed by atoms with Gasteiger partial charge in [0.05, 0.1) is 11.4 Å². The first kappa shape index (κ1) is 17.2. The summed E-state index contributed by atoms with van der Waals surface area (Å²) in [6, 6.07) is 23.4. The zero-order valence-electron chi connectivity index (χ0n) is 14.1. The number of nitrogens with zero attached hydrogens (tertiary/aromatic N) is 2. The summed E-state index contributed by atoms with van der Waals surface area (Å²) < 4.78 is 0. The summed E-state index contributed by atoms with van der Waals surface area (Å²) in [5.74, 6) is 0. The molecule has 0 heterocycles. The molecular weight excluding hydrogens is 324 g/mol. The summed E-state index contributed by atoms with van der Waals surface area (Å²) in [6.45, 7) is 0. The summed E-state index contributed by atoms with van der Waals surface area (Å²) in [7, 11) is 0. The minimum atomic E-state index is 0.602. The van der Waals surface area contributed by atoms with Crippen molar-refractivity contribution in [2.24, 2.45) is 9.98 Å². The predicted molar refractivity (Wildman–Crippen MR) is 101 cm³/mol. The number of hydrogen-bond donors (Lipinski definition) is 0. The fraction of sp³-hybridized carbons (Fsp3) is 0.0909. The number of aliphatic imine (C=N–C) groups is 2. The molecule has 0 unspecified atom stereocenters. The number of para-hydroxylation sites is 1. The highest BCUT2D eigenvalue weighted by Crippen LogP contribution is 2.22. The average Bonchev–Trinajstić information content (AvgIpc) is 2.66. The highest BCUT2D eigenvalue weighted by atomic mass is 16.1. The molecule has 3 rings (SSSR count). The number of benzene rings is 3. The molecule has 0 atom stereocenters. The lowest BCUT2D eigenvalue weighted by Gasteiger charge is -2.08. The van der Waals surface area contributed by atoms with Gasteiger partial charge in [0.2, 0.25) is 12.2 Å². The zero-order chi connectivity index (χ0) is 18.2. The van der Waals surface area contributed by atoms with Crippen molar-refractivity contribution in [3.05, 3.63) is 95.1 Å². The molecule has 0 aromatic heterocycles. The van der Waals surface area contributed by atoms with Crippen LogP contribution < -0.4 is 0 Å². The standard InChI is InChI=1S/C22H16N2O2/c25-15-23-21-10-8-17(9-11-21)12-18-4-3-5-19(13-18)14-20-6-1-2-7-22(20)24-16-26/h1-11,13H,12,14H2. The molecule has 0 amide bonds. The van der Waals surface area contributed by atoms with Gasteiger partial charge in [-0.05, 0) is 53.3 Å². The molecule has 4 heteroatoms. The summed E-state index contributed by atoms with van der Waals surface area (Å²) >= 11 is 0. The van der Waals surface area contributed by atoms with Gasteiger partial charge in [-0.2, -0.15) is 9.98 Å². The van der Waals surface area contributed by atoms with Crippen LogP contribution in [-0.4, -0.2) is 12.2 Å². The minimum absolute atomic E-state index is 0.602. The molecule has 3 aromatic rings. The van der Waals surface area contributed by atoms with E-state index in [2.05, 4.69) is 28.2 Å². The Hall–Kier alpha value is -3.58. The van der Waals surface area contributed by atoms with Crippen molar-refractivity contribution in [1.82, 2.24) is 0 Å². The van der Waals surface area contributed by atoms with Crippen LogP contribution in [0.25, 0.3) is 0 Å². The molecule has 26 heavy (non-hydrogen) atoms. The Morgan fingerprint density at radius 1 is 0.654 bits per heavy atom. The van der Waals surface area contributed by atoms with Crippen molar-refractivity contribution in [1.29, 1.82) is 0 Å². The second-order valence-corrected chi connectivity index (χ2v) is 5.87. The maximum atomic E-state index is 10.6. The number of hydrogen-bond acceptors (Lipinski definition) is 4. The fourth-order valence-corrected chi connectivity index (χ4v) is 2.86. The molecule has 4 nitrogen and oxygen atoms in total. The average molecular weight is 340 g/mol. The lowest BCUT2D eigenvalue weighted by Crippen LogP contribution is -1.93. The van der Waals surface area contributed by atoms with Gasteiger partial charge in [0.15, 0.2) is 0 Å². The second kappa shape index (κ2) is 8.50. The third-order valence-corrected chi connectivity index (χ3v) is 4.06. The van der Waals surface area contributed by atoms with Gasteiger partial charge in [0.25, 0.3) is 0 Å². The van der Waals surface area contributed by atoms with E-state index >= 15 is 0 Å². The van der Waals surface area contributed by atoms with Crippen LogP contribution in [0.15, 0.2) is 82.8 Å². The van der Waals surface area contributed by atoms with Crippen molar-refractivity contribution in [2.45, 2.75) is 12.8 Å². The molecule has 0 aliphatic carbocycles. The van der Waals surface area contributed by atoms with E-state index in [9.17, 15) is 9.59 Å². The number of isocyanates is 2. The van der Waals surface area contributed by atoms with E-state index in [1.54, 1.807) is 24.3 Å². The fourth-order valence-electron chi connectivity index (χ4n) is 2.86. The molecule has 0 fully saturated rings. The molecule has 0 bridgehead atoms. The first-order chi connectivity index (χ1) is 12.8. The van der Waals surface area contributed by atoms with Gasteiger partial charge < -0.3 is 0 Å². The predicted octanol–water partition coefficient (Wildman–Crippen LogP) is 4.80. The molecule has 0 N–H and O–H groups in total. The van der Waals surface area contributed by atoms with Gasteiger partial charge >= 0.3 is 0 Å². The van der Waals surface area contributed by atoms with Gasteiger partial charge in [0.1, 0.15) is 0 Å². The van der Waals surface area contributed by atoms with Crippen LogP contribution in [0.2, 0.25) is 0 Å². The number of carbonyl (C=O) groups excluding carboxylic acids is 2. The van der Waals surface area contributed by atoms with Crippen molar-refractivity contribution < 1.29 is 9.59 Å².